The summed E-state index contributed by atoms with van der Waals surface area (Å²) in [6.07, 6.45) is 4.57. The molecule has 0 aromatic heterocycles. The summed E-state index contributed by atoms with van der Waals surface area (Å²) < 4.78 is 0. The Bertz CT molecular complexity index is 690. The normalized spacial score (nSPS) is 35.4. The van der Waals surface area contributed by atoms with Crippen LogP contribution in [0.2, 0.25) is 0 Å². The van der Waals surface area contributed by atoms with Gasteiger partial charge in [-0.1, -0.05) is 0 Å². The molecule has 3 heteroatoms. The second-order valence-electron chi connectivity index (χ2n) is 7.81. The lowest BCUT2D eigenvalue weighted by molar-refractivity contribution is -0.129. The predicted octanol–water partition coefficient (Wildman–Crippen LogP) is 3.55. The fourth-order valence-corrected chi connectivity index (χ4v) is 5.85. The third-order valence-corrected chi connectivity index (χ3v) is 6.68. The summed E-state index contributed by atoms with van der Waals surface area (Å²) in [5, 5.41) is 9.85. The SMILES string of the molecule is CC(=O)C1CCC2C1CC(=O)C1c3c(C)cc(O)cc3CCC12. The van der Waals surface area contributed by atoms with Crippen molar-refractivity contribution in [3.05, 3.63) is 28.8 Å². The van der Waals surface area contributed by atoms with Gasteiger partial charge in [-0.2, -0.15) is 0 Å². The van der Waals surface area contributed by atoms with Gasteiger partial charge in [0, 0.05) is 18.3 Å². The smallest absolute Gasteiger partial charge is 0.140 e. The largest absolute Gasteiger partial charge is 0.508 e. The molecule has 3 aliphatic carbocycles. The van der Waals surface area contributed by atoms with Crippen molar-refractivity contribution in [2.75, 3.05) is 0 Å². The third kappa shape index (κ3) is 2.16. The summed E-state index contributed by atoms with van der Waals surface area (Å²) in [4.78, 5) is 24.9. The number of rotatable bonds is 1. The molecule has 0 saturated heterocycles. The number of benzene rings is 1. The number of ketones is 2. The van der Waals surface area contributed by atoms with Crippen LogP contribution < -0.4 is 0 Å². The molecule has 3 nitrogen and oxygen atoms in total. The summed E-state index contributed by atoms with van der Waals surface area (Å²) in [6.45, 7) is 3.69. The van der Waals surface area contributed by atoms with Gasteiger partial charge in [-0.3, -0.25) is 9.59 Å². The van der Waals surface area contributed by atoms with E-state index in [4.69, 9.17) is 0 Å². The van der Waals surface area contributed by atoms with Crippen LogP contribution in [0.15, 0.2) is 12.1 Å². The molecule has 0 radical (unpaired) electrons. The summed E-state index contributed by atoms with van der Waals surface area (Å²) in [6, 6.07) is 3.62. The first-order valence-corrected chi connectivity index (χ1v) is 8.83. The standard InChI is InChI=1S/C20H24O3/c1-10-7-13(22)8-12-3-4-16-15-6-5-14(11(2)21)17(15)9-18(23)20(16)19(10)12/h7-8,14-17,20,22H,3-6,9H2,1-2H3. The van der Waals surface area contributed by atoms with Crippen molar-refractivity contribution in [3.63, 3.8) is 0 Å². The Kier molecular flexibility index (Phi) is 3.36. The fourth-order valence-electron chi connectivity index (χ4n) is 5.85. The van der Waals surface area contributed by atoms with Crippen LogP contribution in [0, 0.1) is 30.6 Å². The second-order valence-corrected chi connectivity index (χ2v) is 7.81. The molecular weight excluding hydrogens is 288 g/mol. The van der Waals surface area contributed by atoms with Crippen LogP contribution in [-0.2, 0) is 16.0 Å². The number of carbonyl (C=O) groups is 2. The van der Waals surface area contributed by atoms with Crippen molar-refractivity contribution in [2.24, 2.45) is 23.7 Å². The first-order valence-electron chi connectivity index (χ1n) is 8.83. The van der Waals surface area contributed by atoms with Crippen molar-refractivity contribution in [1.29, 1.82) is 0 Å². The average molecular weight is 312 g/mol. The molecule has 1 N–H and O–H groups in total. The van der Waals surface area contributed by atoms with Crippen LogP contribution in [0.25, 0.3) is 0 Å². The van der Waals surface area contributed by atoms with Crippen LogP contribution in [0.3, 0.4) is 0 Å². The van der Waals surface area contributed by atoms with E-state index in [1.54, 1.807) is 13.0 Å². The van der Waals surface area contributed by atoms with E-state index in [0.29, 0.717) is 29.8 Å². The molecule has 0 amide bonds. The van der Waals surface area contributed by atoms with Gasteiger partial charge in [-0.15, -0.1) is 0 Å². The van der Waals surface area contributed by atoms with Gasteiger partial charge in [0.1, 0.15) is 17.3 Å². The Hall–Kier alpha value is -1.64. The summed E-state index contributed by atoms with van der Waals surface area (Å²) in [7, 11) is 0. The van der Waals surface area contributed by atoms with Crippen molar-refractivity contribution in [1.82, 2.24) is 0 Å². The number of aryl methyl sites for hydroxylation is 2. The summed E-state index contributed by atoms with van der Waals surface area (Å²) >= 11 is 0. The molecule has 0 spiro atoms. The van der Waals surface area contributed by atoms with Crippen LogP contribution in [0.5, 0.6) is 5.75 Å². The molecule has 1 aromatic carbocycles. The molecule has 3 aliphatic rings. The molecule has 0 aliphatic heterocycles. The maximum Gasteiger partial charge on any atom is 0.140 e. The Morgan fingerprint density at radius 1 is 1.13 bits per heavy atom. The number of hydrogen-bond donors (Lipinski definition) is 1. The minimum Gasteiger partial charge on any atom is -0.508 e. The number of fused-ring (bicyclic) bond motifs is 5. The average Bonchev–Trinajstić information content (AvgIpc) is 2.90. The van der Waals surface area contributed by atoms with Crippen LogP contribution >= 0.6 is 0 Å². The molecular formula is C20H24O3. The van der Waals surface area contributed by atoms with Gasteiger partial charge >= 0.3 is 0 Å². The Balaban J connectivity index is 1.75. The second kappa shape index (κ2) is 5.19. The zero-order valence-corrected chi connectivity index (χ0v) is 13.8. The zero-order chi connectivity index (χ0) is 16.3. The topological polar surface area (TPSA) is 54.4 Å². The number of carbonyl (C=O) groups excluding carboxylic acids is 2. The van der Waals surface area contributed by atoms with Gasteiger partial charge in [0.05, 0.1) is 0 Å². The van der Waals surface area contributed by atoms with Gasteiger partial charge in [-0.05, 0) is 86.1 Å². The molecule has 0 bridgehead atoms. The molecule has 2 fully saturated rings. The number of Topliss-reactive ketones (excluding diaryl/α,β-unsaturated/α-hetero) is 2. The highest BCUT2D eigenvalue weighted by Crippen LogP contribution is 2.56. The quantitative estimate of drug-likeness (QED) is 0.863. The molecule has 23 heavy (non-hydrogen) atoms. The van der Waals surface area contributed by atoms with Crippen molar-refractivity contribution in [3.8, 4) is 5.75 Å². The van der Waals surface area contributed by atoms with E-state index >= 15 is 0 Å². The Morgan fingerprint density at radius 3 is 2.65 bits per heavy atom. The lowest BCUT2D eigenvalue weighted by atomic mass is 9.58. The molecule has 4 rings (SSSR count). The van der Waals surface area contributed by atoms with Gasteiger partial charge in [0.15, 0.2) is 0 Å². The van der Waals surface area contributed by atoms with E-state index in [1.165, 1.54) is 5.56 Å². The zero-order valence-electron chi connectivity index (χ0n) is 13.8. The highest BCUT2D eigenvalue weighted by atomic mass is 16.3. The minimum absolute atomic E-state index is 0.00805. The maximum atomic E-state index is 13.0. The highest BCUT2D eigenvalue weighted by Gasteiger charge is 2.52. The van der Waals surface area contributed by atoms with E-state index in [1.807, 2.05) is 13.0 Å². The molecule has 5 unspecified atom stereocenters. The number of phenols is 1. The van der Waals surface area contributed by atoms with Crippen LogP contribution in [0.4, 0.5) is 0 Å². The fraction of sp³-hybridized carbons (Fsp3) is 0.600. The maximum absolute atomic E-state index is 13.0. The van der Waals surface area contributed by atoms with Crippen molar-refractivity contribution in [2.45, 2.75) is 51.9 Å². The molecule has 0 heterocycles. The molecule has 2 saturated carbocycles. The lowest BCUT2D eigenvalue weighted by Crippen LogP contribution is -2.42. The van der Waals surface area contributed by atoms with E-state index in [-0.39, 0.29) is 23.5 Å². The van der Waals surface area contributed by atoms with Crippen LogP contribution in [0.1, 0.15) is 55.2 Å². The number of hydrogen-bond acceptors (Lipinski definition) is 3. The van der Waals surface area contributed by atoms with Crippen molar-refractivity contribution >= 4 is 11.6 Å². The highest BCUT2D eigenvalue weighted by molar-refractivity contribution is 5.90. The van der Waals surface area contributed by atoms with Gasteiger partial charge in [0.2, 0.25) is 0 Å². The van der Waals surface area contributed by atoms with Gasteiger partial charge in [-0.25, -0.2) is 0 Å². The number of phenolic OH excluding ortho intramolecular Hbond substituents is 1. The van der Waals surface area contributed by atoms with Gasteiger partial charge in [0.25, 0.3) is 0 Å². The molecule has 1 aromatic rings. The third-order valence-electron chi connectivity index (χ3n) is 6.68. The minimum atomic E-state index is -0.00805. The van der Waals surface area contributed by atoms with Crippen molar-refractivity contribution < 1.29 is 14.7 Å². The lowest BCUT2D eigenvalue weighted by Gasteiger charge is -2.44. The van der Waals surface area contributed by atoms with E-state index < -0.39 is 0 Å². The van der Waals surface area contributed by atoms with E-state index in [0.717, 1.165) is 36.8 Å². The van der Waals surface area contributed by atoms with E-state index in [2.05, 4.69) is 0 Å². The molecule has 5 atom stereocenters. The predicted molar refractivity (Wildman–Crippen MR) is 87.4 cm³/mol. The number of aromatic hydroxyl groups is 1. The van der Waals surface area contributed by atoms with Crippen LogP contribution in [-0.4, -0.2) is 16.7 Å². The monoisotopic (exact) mass is 312 g/mol. The van der Waals surface area contributed by atoms with E-state index in [9.17, 15) is 14.7 Å². The van der Waals surface area contributed by atoms with Gasteiger partial charge < -0.3 is 5.11 Å². The summed E-state index contributed by atoms with van der Waals surface area (Å²) in [5.74, 6) is 2.17. The first kappa shape index (κ1) is 14.9. The summed E-state index contributed by atoms with van der Waals surface area (Å²) in [5.41, 5.74) is 3.37. The first-order chi connectivity index (χ1) is 11.0. The molecule has 122 valence electrons. The Morgan fingerprint density at radius 2 is 1.91 bits per heavy atom. The Labute approximate surface area is 137 Å².